The molecule has 4 N–H and O–H groups in total. The molecule has 0 radical (unpaired) electrons. The van der Waals surface area contributed by atoms with Crippen LogP contribution in [0.1, 0.15) is 21.6 Å². The van der Waals surface area contributed by atoms with Gasteiger partial charge in [0.1, 0.15) is 5.69 Å². The van der Waals surface area contributed by atoms with Gasteiger partial charge in [-0.15, -0.1) is 11.3 Å². The summed E-state index contributed by atoms with van der Waals surface area (Å²) in [6.45, 7) is 0.378. The Hall–Kier alpha value is -3.98. The molecule has 0 atom stereocenters. The molecule has 8 nitrogen and oxygen atoms in total. The van der Waals surface area contributed by atoms with Crippen LogP contribution in [0.25, 0.3) is 6.08 Å². The fraction of sp³-hybridized carbons (Fsp3) is 0.0476. The number of hydrogen-bond donors (Lipinski definition) is 4. The minimum atomic E-state index is -1.03. The topological polar surface area (TPSA) is 120 Å². The lowest BCUT2D eigenvalue weighted by molar-refractivity contribution is -0.131. The first-order chi connectivity index (χ1) is 14.5. The van der Waals surface area contributed by atoms with Gasteiger partial charge in [-0.2, -0.15) is 0 Å². The maximum Gasteiger partial charge on any atom is 0.328 e. The van der Waals surface area contributed by atoms with Gasteiger partial charge in [-0.05, 0) is 29.3 Å². The van der Waals surface area contributed by atoms with Gasteiger partial charge in [0.25, 0.3) is 5.91 Å². The van der Waals surface area contributed by atoms with Crippen molar-refractivity contribution in [2.45, 2.75) is 6.54 Å². The number of carboxylic acids is 1. The monoisotopic (exact) mass is 422 g/mol. The van der Waals surface area contributed by atoms with Crippen LogP contribution in [0.4, 0.5) is 15.6 Å². The molecule has 0 aliphatic heterocycles. The molecule has 0 aliphatic rings. The Bertz CT molecular complexity index is 1060. The second kappa shape index (κ2) is 9.99. The molecule has 2 aromatic carbocycles. The SMILES string of the molecule is O=C(O)/C=C/c1ccc(NC(=O)c2csc(NC(=O)NCc3ccccc3)n2)cc1. The molecule has 0 fully saturated rings. The zero-order valence-corrected chi connectivity index (χ0v) is 16.5. The third kappa shape index (κ3) is 6.28. The Labute approximate surface area is 176 Å². The Morgan fingerprint density at radius 1 is 1.00 bits per heavy atom. The molecule has 1 aromatic heterocycles. The number of thiazole rings is 1. The lowest BCUT2D eigenvalue weighted by atomic mass is 10.2. The van der Waals surface area contributed by atoms with Gasteiger partial charge in [0, 0.05) is 23.7 Å². The third-order valence-electron chi connectivity index (χ3n) is 3.84. The van der Waals surface area contributed by atoms with E-state index >= 15 is 0 Å². The van der Waals surface area contributed by atoms with Gasteiger partial charge < -0.3 is 15.7 Å². The highest BCUT2D eigenvalue weighted by Gasteiger charge is 2.12. The number of nitrogens with zero attached hydrogens (tertiary/aromatic N) is 1. The number of benzene rings is 2. The normalized spacial score (nSPS) is 10.5. The third-order valence-corrected chi connectivity index (χ3v) is 4.60. The molecule has 152 valence electrons. The van der Waals surface area contributed by atoms with E-state index in [9.17, 15) is 14.4 Å². The number of anilines is 2. The van der Waals surface area contributed by atoms with E-state index < -0.39 is 17.9 Å². The molecule has 1 heterocycles. The molecular formula is C21H18N4O4S. The van der Waals surface area contributed by atoms with Gasteiger partial charge in [0.05, 0.1) is 0 Å². The Morgan fingerprint density at radius 3 is 2.43 bits per heavy atom. The van der Waals surface area contributed by atoms with Crippen molar-refractivity contribution in [3.05, 3.63) is 82.9 Å². The average Bonchev–Trinajstić information content (AvgIpc) is 3.21. The first-order valence-corrected chi connectivity index (χ1v) is 9.74. The summed E-state index contributed by atoms with van der Waals surface area (Å²) in [7, 11) is 0. The van der Waals surface area contributed by atoms with Gasteiger partial charge in [0.2, 0.25) is 0 Å². The van der Waals surface area contributed by atoms with E-state index in [1.54, 1.807) is 29.6 Å². The van der Waals surface area contributed by atoms with E-state index in [0.717, 1.165) is 23.0 Å². The van der Waals surface area contributed by atoms with E-state index in [4.69, 9.17) is 5.11 Å². The maximum absolute atomic E-state index is 12.3. The standard InChI is InChI=1S/C21H18N4O4S/c26-18(27)11-8-14-6-9-16(10-7-14)23-19(28)17-13-30-21(24-17)25-20(29)22-12-15-4-2-1-3-5-15/h1-11,13H,12H2,(H,23,28)(H,26,27)(H2,22,24,25,29)/b11-8+. The summed E-state index contributed by atoms with van der Waals surface area (Å²) in [5.74, 6) is -1.45. The number of amides is 3. The van der Waals surface area contributed by atoms with Crippen LogP contribution in [0.15, 0.2) is 66.1 Å². The molecule has 0 bridgehead atoms. The van der Waals surface area contributed by atoms with Crippen LogP contribution >= 0.6 is 11.3 Å². The molecule has 3 rings (SSSR count). The molecule has 3 amide bonds. The van der Waals surface area contributed by atoms with Crippen molar-refractivity contribution in [3.63, 3.8) is 0 Å². The van der Waals surface area contributed by atoms with Crippen molar-refractivity contribution in [2.75, 3.05) is 10.6 Å². The predicted octanol–water partition coefficient (Wildman–Crippen LogP) is 3.81. The minimum absolute atomic E-state index is 0.174. The van der Waals surface area contributed by atoms with E-state index in [2.05, 4.69) is 20.9 Å². The molecule has 0 unspecified atom stereocenters. The molecule has 9 heteroatoms. The molecule has 3 aromatic rings. The molecule has 0 saturated carbocycles. The van der Waals surface area contributed by atoms with E-state index in [1.165, 1.54) is 6.08 Å². The summed E-state index contributed by atoms with van der Waals surface area (Å²) in [6.07, 6.45) is 2.49. The largest absolute Gasteiger partial charge is 0.478 e. The van der Waals surface area contributed by atoms with Crippen molar-refractivity contribution >= 4 is 46.1 Å². The highest BCUT2D eigenvalue weighted by molar-refractivity contribution is 7.14. The van der Waals surface area contributed by atoms with Gasteiger partial charge in [0.15, 0.2) is 5.13 Å². The number of rotatable bonds is 7. The number of carboxylic acid groups (broad SMARTS) is 1. The van der Waals surface area contributed by atoms with Crippen molar-refractivity contribution in [1.82, 2.24) is 10.3 Å². The number of hydrogen-bond acceptors (Lipinski definition) is 5. The van der Waals surface area contributed by atoms with E-state index in [1.807, 2.05) is 30.3 Å². The number of aromatic nitrogens is 1. The fourth-order valence-electron chi connectivity index (χ4n) is 2.40. The van der Waals surface area contributed by atoms with Crippen LogP contribution in [0.3, 0.4) is 0 Å². The maximum atomic E-state index is 12.3. The lowest BCUT2D eigenvalue weighted by Gasteiger charge is -2.05. The predicted molar refractivity (Wildman–Crippen MR) is 115 cm³/mol. The zero-order valence-electron chi connectivity index (χ0n) is 15.7. The number of aliphatic carboxylic acids is 1. The smallest absolute Gasteiger partial charge is 0.328 e. The summed E-state index contributed by atoms with van der Waals surface area (Å²) >= 11 is 1.14. The number of carbonyl (C=O) groups excluding carboxylic acids is 2. The summed E-state index contributed by atoms with van der Waals surface area (Å²) in [5.41, 5.74) is 2.37. The van der Waals surface area contributed by atoms with Gasteiger partial charge in [-0.3, -0.25) is 10.1 Å². The molecule has 30 heavy (non-hydrogen) atoms. The Kier molecular flexibility index (Phi) is 6.91. The lowest BCUT2D eigenvalue weighted by Crippen LogP contribution is -2.28. The van der Waals surface area contributed by atoms with Crippen molar-refractivity contribution in [2.24, 2.45) is 0 Å². The summed E-state index contributed by atoms with van der Waals surface area (Å²) < 4.78 is 0. The molecule has 0 aliphatic carbocycles. The van der Waals surface area contributed by atoms with E-state index in [0.29, 0.717) is 22.9 Å². The highest BCUT2D eigenvalue weighted by Crippen LogP contribution is 2.17. The number of carbonyl (C=O) groups is 3. The van der Waals surface area contributed by atoms with Crippen LogP contribution < -0.4 is 16.0 Å². The summed E-state index contributed by atoms with van der Waals surface area (Å²) in [6, 6.07) is 15.7. The van der Waals surface area contributed by atoms with E-state index in [-0.39, 0.29) is 5.69 Å². The first kappa shape index (κ1) is 20.7. The molecule has 0 saturated heterocycles. The number of urea groups is 1. The molecule has 0 spiro atoms. The Balaban J connectivity index is 1.51. The fourth-order valence-corrected chi connectivity index (χ4v) is 3.08. The van der Waals surface area contributed by atoms with Gasteiger partial charge in [-0.1, -0.05) is 42.5 Å². The van der Waals surface area contributed by atoms with Gasteiger partial charge >= 0.3 is 12.0 Å². The van der Waals surface area contributed by atoms with Gasteiger partial charge in [-0.25, -0.2) is 14.6 Å². The van der Waals surface area contributed by atoms with Crippen LogP contribution in [0.2, 0.25) is 0 Å². The van der Waals surface area contributed by atoms with Crippen molar-refractivity contribution in [3.8, 4) is 0 Å². The van der Waals surface area contributed by atoms with Crippen molar-refractivity contribution in [1.29, 1.82) is 0 Å². The van der Waals surface area contributed by atoms with Crippen molar-refractivity contribution < 1.29 is 19.5 Å². The summed E-state index contributed by atoms with van der Waals surface area (Å²) in [5, 5.41) is 18.5. The van der Waals surface area contributed by atoms with Crippen LogP contribution in [-0.4, -0.2) is 28.0 Å². The second-order valence-corrected chi connectivity index (χ2v) is 6.94. The van der Waals surface area contributed by atoms with Crippen LogP contribution in [0.5, 0.6) is 0 Å². The quantitative estimate of drug-likeness (QED) is 0.432. The highest BCUT2D eigenvalue weighted by atomic mass is 32.1. The zero-order chi connectivity index (χ0) is 21.3. The first-order valence-electron chi connectivity index (χ1n) is 8.86. The molecular weight excluding hydrogens is 404 g/mol. The Morgan fingerprint density at radius 2 is 1.73 bits per heavy atom. The van der Waals surface area contributed by atoms with Crippen LogP contribution in [-0.2, 0) is 11.3 Å². The average molecular weight is 422 g/mol. The minimum Gasteiger partial charge on any atom is -0.478 e. The number of nitrogens with one attached hydrogen (secondary N) is 3. The summed E-state index contributed by atoms with van der Waals surface area (Å²) in [4.78, 5) is 39.0. The second-order valence-electron chi connectivity index (χ2n) is 6.08. The van der Waals surface area contributed by atoms with Crippen LogP contribution in [0, 0.1) is 0 Å².